The number of para-hydroxylation sites is 1. The number of benzene rings is 2. The molecule has 0 unspecified atom stereocenters. The molecule has 29 heavy (non-hydrogen) atoms. The van der Waals surface area contributed by atoms with Gasteiger partial charge in [0.25, 0.3) is 0 Å². The molecule has 0 saturated heterocycles. The van der Waals surface area contributed by atoms with E-state index in [1.165, 1.54) is 24.1 Å². The Hall–Kier alpha value is -3.75. The zero-order valence-electron chi connectivity index (χ0n) is 15.3. The van der Waals surface area contributed by atoms with Crippen molar-refractivity contribution in [3.63, 3.8) is 0 Å². The van der Waals surface area contributed by atoms with E-state index in [1.54, 1.807) is 6.07 Å². The average Bonchev–Trinajstić information content (AvgIpc) is 3.13. The van der Waals surface area contributed by atoms with E-state index in [2.05, 4.69) is 15.7 Å². The average molecular weight is 398 g/mol. The minimum atomic E-state index is -1.08. The normalized spacial score (nSPS) is 15.4. The van der Waals surface area contributed by atoms with Gasteiger partial charge in [-0.2, -0.15) is 5.10 Å². The number of hydrogen-bond donors (Lipinski definition) is 2. The van der Waals surface area contributed by atoms with Crippen molar-refractivity contribution in [2.75, 3.05) is 17.7 Å². The van der Waals surface area contributed by atoms with Gasteiger partial charge < -0.3 is 15.4 Å². The Morgan fingerprint density at radius 2 is 2.00 bits per heavy atom. The van der Waals surface area contributed by atoms with Crippen LogP contribution in [0.5, 0.6) is 5.75 Å². The number of methoxy groups -OCH3 is 1. The number of amides is 2. The monoisotopic (exact) mass is 398 g/mol. The molecule has 1 atom stereocenters. The second-order valence-corrected chi connectivity index (χ2v) is 6.44. The number of nitrogens with zero attached hydrogens (tertiary/aromatic N) is 2. The number of fused-ring (bicyclic) bond motifs is 1. The van der Waals surface area contributed by atoms with E-state index in [4.69, 9.17) is 4.74 Å². The van der Waals surface area contributed by atoms with Gasteiger partial charge in [-0.15, -0.1) is 0 Å². The molecule has 0 saturated carbocycles. The summed E-state index contributed by atoms with van der Waals surface area (Å²) in [4.78, 5) is 25.0. The lowest BCUT2D eigenvalue weighted by Gasteiger charge is -2.24. The number of halogens is 2. The molecule has 1 aliphatic heterocycles. The summed E-state index contributed by atoms with van der Waals surface area (Å²) in [7, 11) is 1.53. The van der Waals surface area contributed by atoms with Crippen LogP contribution in [-0.4, -0.2) is 28.7 Å². The fourth-order valence-electron chi connectivity index (χ4n) is 3.24. The number of carbonyl (C=O) groups excluding carboxylic acids is 2. The molecule has 1 aromatic heterocycles. The Balaban J connectivity index is 1.68. The highest BCUT2D eigenvalue weighted by Crippen LogP contribution is 2.38. The highest BCUT2D eigenvalue weighted by atomic mass is 19.2. The molecule has 2 aromatic carbocycles. The molecule has 7 nitrogen and oxygen atoms in total. The second kappa shape index (κ2) is 7.34. The van der Waals surface area contributed by atoms with E-state index >= 15 is 0 Å². The highest BCUT2D eigenvalue weighted by Gasteiger charge is 2.33. The maximum Gasteiger partial charge on any atom is 0.249 e. The predicted octanol–water partition coefficient (Wildman–Crippen LogP) is 3.36. The molecule has 0 aliphatic carbocycles. The van der Waals surface area contributed by atoms with Crippen LogP contribution in [0.2, 0.25) is 0 Å². The summed E-state index contributed by atoms with van der Waals surface area (Å²) < 4.78 is 33.3. The largest absolute Gasteiger partial charge is 0.496 e. The van der Waals surface area contributed by atoms with Crippen molar-refractivity contribution in [1.82, 2.24) is 9.78 Å². The molecule has 0 radical (unpaired) electrons. The summed E-state index contributed by atoms with van der Waals surface area (Å²) in [5.74, 6) is -2.08. The molecule has 148 valence electrons. The number of carbonyl (C=O) groups is 2. The van der Waals surface area contributed by atoms with Gasteiger partial charge >= 0.3 is 0 Å². The summed E-state index contributed by atoms with van der Waals surface area (Å²) in [5.41, 5.74) is 1.39. The smallest absolute Gasteiger partial charge is 0.249 e. The molecule has 3 aromatic rings. The number of anilines is 2. The van der Waals surface area contributed by atoms with Gasteiger partial charge in [-0.3, -0.25) is 9.59 Å². The summed E-state index contributed by atoms with van der Waals surface area (Å²) in [5, 5.41) is 9.51. The van der Waals surface area contributed by atoms with Crippen LogP contribution in [0.1, 0.15) is 12.5 Å². The predicted molar refractivity (Wildman–Crippen MR) is 101 cm³/mol. The first-order chi connectivity index (χ1) is 14.0. The standard InChI is InChI=1S/C20H16F2N4O3/c1-29-17-5-3-2-4-12(17)13-10-23-26-16(9-18(27)25-19(13)26)20(28)24-11-6-7-14(21)15(22)8-11/h2-8,10,16H,9H2,1H3,(H,24,28)(H,25,27)/t16-/m1/s1. The summed E-state index contributed by atoms with van der Waals surface area (Å²) in [6.45, 7) is 0. The number of ether oxygens (including phenoxy) is 1. The minimum Gasteiger partial charge on any atom is -0.496 e. The van der Waals surface area contributed by atoms with Gasteiger partial charge in [-0.1, -0.05) is 18.2 Å². The summed E-state index contributed by atoms with van der Waals surface area (Å²) >= 11 is 0. The van der Waals surface area contributed by atoms with Gasteiger partial charge in [0.05, 0.1) is 19.7 Å². The maximum atomic E-state index is 13.4. The lowest BCUT2D eigenvalue weighted by Crippen LogP contribution is -2.35. The number of hydrogen-bond acceptors (Lipinski definition) is 4. The Morgan fingerprint density at radius 3 is 2.76 bits per heavy atom. The van der Waals surface area contributed by atoms with Crippen LogP contribution >= 0.6 is 0 Å². The van der Waals surface area contributed by atoms with Crippen LogP contribution in [0.15, 0.2) is 48.7 Å². The highest BCUT2D eigenvalue weighted by molar-refractivity contribution is 6.03. The van der Waals surface area contributed by atoms with Crippen molar-refractivity contribution in [3.05, 3.63) is 60.3 Å². The number of aromatic nitrogens is 2. The SMILES string of the molecule is COc1ccccc1-c1cnn2c1NC(=O)C[C@@H]2C(=O)Nc1ccc(F)c(F)c1. The van der Waals surface area contributed by atoms with Crippen LogP contribution in [0.25, 0.3) is 11.1 Å². The third-order valence-corrected chi connectivity index (χ3v) is 4.61. The van der Waals surface area contributed by atoms with Crippen molar-refractivity contribution >= 4 is 23.3 Å². The molecule has 2 N–H and O–H groups in total. The van der Waals surface area contributed by atoms with E-state index in [9.17, 15) is 18.4 Å². The maximum absolute atomic E-state index is 13.4. The van der Waals surface area contributed by atoms with Crippen molar-refractivity contribution in [2.45, 2.75) is 12.5 Å². The van der Waals surface area contributed by atoms with Crippen molar-refractivity contribution in [2.24, 2.45) is 0 Å². The zero-order valence-corrected chi connectivity index (χ0v) is 15.3. The molecule has 9 heteroatoms. The Labute approximate surface area is 164 Å². The van der Waals surface area contributed by atoms with Gasteiger partial charge in [0.1, 0.15) is 17.6 Å². The zero-order chi connectivity index (χ0) is 20.5. The Morgan fingerprint density at radius 1 is 1.21 bits per heavy atom. The molecule has 2 heterocycles. The molecule has 0 bridgehead atoms. The lowest BCUT2D eigenvalue weighted by atomic mass is 10.1. The molecular weight excluding hydrogens is 382 g/mol. The first-order valence-electron chi connectivity index (χ1n) is 8.74. The minimum absolute atomic E-state index is 0.0820. The van der Waals surface area contributed by atoms with Crippen LogP contribution in [-0.2, 0) is 9.59 Å². The van der Waals surface area contributed by atoms with E-state index in [-0.39, 0.29) is 18.0 Å². The second-order valence-electron chi connectivity index (χ2n) is 6.44. The molecular formula is C20H16F2N4O3. The third-order valence-electron chi connectivity index (χ3n) is 4.61. The van der Waals surface area contributed by atoms with Crippen LogP contribution < -0.4 is 15.4 Å². The van der Waals surface area contributed by atoms with Crippen molar-refractivity contribution < 1.29 is 23.1 Å². The van der Waals surface area contributed by atoms with E-state index < -0.39 is 23.6 Å². The van der Waals surface area contributed by atoms with E-state index in [1.807, 2.05) is 18.2 Å². The first kappa shape index (κ1) is 18.6. The molecule has 2 amide bonds. The molecule has 0 spiro atoms. The fourth-order valence-corrected chi connectivity index (χ4v) is 3.24. The lowest BCUT2D eigenvalue weighted by molar-refractivity contribution is -0.125. The molecule has 1 aliphatic rings. The number of rotatable bonds is 4. The quantitative estimate of drug-likeness (QED) is 0.706. The fraction of sp³-hybridized carbons (Fsp3) is 0.150. The Bertz CT molecular complexity index is 1110. The number of nitrogens with one attached hydrogen (secondary N) is 2. The first-order valence-corrected chi connectivity index (χ1v) is 8.74. The molecule has 4 rings (SSSR count). The van der Waals surface area contributed by atoms with Gasteiger partial charge in [0.15, 0.2) is 11.6 Å². The topological polar surface area (TPSA) is 85.2 Å². The molecule has 0 fully saturated rings. The van der Waals surface area contributed by atoms with Gasteiger partial charge in [0.2, 0.25) is 11.8 Å². The van der Waals surface area contributed by atoms with Gasteiger partial charge in [0, 0.05) is 22.9 Å². The van der Waals surface area contributed by atoms with Crippen molar-refractivity contribution in [3.8, 4) is 16.9 Å². The summed E-state index contributed by atoms with van der Waals surface area (Å²) in [6.07, 6.45) is 1.40. The third kappa shape index (κ3) is 3.42. The summed E-state index contributed by atoms with van der Waals surface area (Å²) in [6, 6.07) is 9.30. The Kier molecular flexibility index (Phi) is 4.71. The van der Waals surface area contributed by atoms with Crippen LogP contribution in [0.4, 0.5) is 20.3 Å². The van der Waals surface area contributed by atoms with E-state index in [0.29, 0.717) is 22.7 Å². The van der Waals surface area contributed by atoms with E-state index in [0.717, 1.165) is 12.1 Å². The van der Waals surface area contributed by atoms with Gasteiger partial charge in [-0.25, -0.2) is 13.5 Å². The van der Waals surface area contributed by atoms with Crippen LogP contribution in [0, 0.1) is 11.6 Å². The van der Waals surface area contributed by atoms with Crippen LogP contribution in [0.3, 0.4) is 0 Å². The van der Waals surface area contributed by atoms with Gasteiger partial charge in [-0.05, 0) is 18.2 Å². The van der Waals surface area contributed by atoms with Crippen molar-refractivity contribution in [1.29, 1.82) is 0 Å².